The predicted octanol–water partition coefficient (Wildman–Crippen LogP) is 1.37. The zero-order valence-electron chi connectivity index (χ0n) is 15.9. The lowest BCUT2D eigenvalue weighted by Crippen LogP contribution is -2.49. The van der Waals surface area contributed by atoms with Crippen molar-refractivity contribution in [2.45, 2.75) is 32.7 Å². The summed E-state index contributed by atoms with van der Waals surface area (Å²) in [6, 6.07) is 4.28. The molecule has 1 aromatic heterocycles. The Labute approximate surface area is 154 Å². The molecule has 2 aliphatic rings. The highest BCUT2D eigenvalue weighted by molar-refractivity contribution is 5.77. The molecule has 0 saturated carbocycles. The molecule has 2 aliphatic heterocycles. The number of carbonyl (C=O) groups is 2. The number of likely N-dealkylation sites (tertiary alicyclic amines) is 1. The summed E-state index contributed by atoms with van der Waals surface area (Å²) in [5.41, 5.74) is 3.07. The van der Waals surface area contributed by atoms with Crippen LogP contribution in [0.4, 0.5) is 5.69 Å². The predicted molar refractivity (Wildman–Crippen MR) is 99.0 cm³/mol. The van der Waals surface area contributed by atoms with Crippen molar-refractivity contribution in [3.63, 3.8) is 0 Å². The van der Waals surface area contributed by atoms with Crippen LogP contribution in [0.2, 0.25) is 0 Å². The van der Waals surface area contributed by atoms with Crippen molar-refractivity contribution < 1.29 is 14.3 Å². The number of ether oxygens (including phenoxy) is 1. The fourth-order valence-electron chi connectivity index (χ4n) is 3.91. The van der Waals surface area contributed by atoms with Crippen molar-refractivity contribution in [3.8, 4) is 0 Å². The molecule has 2 saturated heterocycles. The summed E-state index contributed by atoms with van der Waals surface area (Å²) < 4.78 is 4.94. The second-order valence-electron chi connectivity index (χ2n) is 7.06. The van der Waals surface area contributed by atoms with Crippen LogP contribution in [0.15, 0.2) is 12.1 Å². The van der Waals surface area contributed by atoms with Crippen LogP contribution in [0.1, 0.15) is 37.2 Å². The molecule has 2 fully saturated rings. The number of anilines is 1. The average Bonchev–Trinajstić information content (AvgIpc) is 3.12. The summed E-state index contributed by atoms with van der Waals surface area (Å²) in [4.78, 5) is 34.6. The van der Waals surface area contributed by atoms with Gasteiger partial charge in [0.05, 0.1) is 11.7 Å². The number of hydrogen-bond donors (Lipinski definition) is 0. The molecular weight excluding hydrogens is 332 g/mol. The minimum atomic E-state index is 0.0433. The van der Waals surface area contributed by atoms with E-state index in [0.29, 0.717) is 13.1 Å². The van der Waals surface area contributed by atoms with Crippen molar-refractivity contribution in [2.24, 2.45) is 0 Å². The van der Waals surface area contributed by atoms with Gasteiger partial charge in [-0.1, -0.05) is 0 Å². The van der Waals surface area contributed by atoms with E-state index in [1.165, 1.54) is 0 Å². The Bertz CT molecular complexity index is 671. The molecule has 26 heavy (non-hydrogen) atoms. The minimum Gasteiger partial charge on any atom is -0.375 e. The van der Waals surface area contributed by atoms with E-state index in [-0.39, 0.29) is 24.5 Å². The summed E-state index contributed by atoms with van der Waals surface area (Å²) in [5, 5.41) is 0. The minimum absolute atomic E-state index is 0.0433. The molecule has 7 heteroatoms. The first-order chi connectivity index (χ1) is 12.5. The van der Waals surface area contributed by atoms with Gasteiger partial charge in [-0.3, -0.25) is 14.6 Å². The number of aryl methyl sites for hydroxylation is 1. The van der Waals surface area contributed by atoms with Gasteiger partial charge in [0.15, 0.2) is 0 Å². The number of nitrogens with zero attached hydrogens (tertiary/aromatic N) is 4. The van der Waals surface area contributed by atoms with Crippen molar-refractivity contribution in [1.82, 2.24) is 14.8 Å². The van der Waals surface area contributed by atoms with Crippen molar-refractivity contribution in [2.75, 3.05) is 51.3 Å². The van der Waals surface area contributed by atoms with E-state index in [2.05, 4.69) is 17.0 Å². The fourth-order valence-corrected chi connectivity index (χ4v) is 3.91. The van der Waals surface area contributed by atoms with Gasteiger partial charge in [0.1, 0.15) is 6.61 Å². The summed E-state index contributed by atoms with van der Waals surface area (Å²) in [6.45, 7) is 7.55. The first-order valence-corrected chi connectivity index (χ1v) is 9.27. The second kappa shape index (κ2) is 8.03. The molecule has 0 bridgehead atoms. The molecule has 0 unspecified atom stereocenters. The third-order valence-electron chi connectivity index (χ3n) is 5.22. The van der Waals surface area contributed by atoms with Gasteiger partial charge in [0, 0.05) is 58.1 Å². The Balaban J connectivity index is 1.73. The summed E-state index contributed by atoms with van der Waals surface area (Å²) in [5.74, 6) is 0.157. The van der Waals surface area contributed by atoms with Crippen LogP contribution in [0.3, 0.4) is 0 Å². The van der Waals surface area contributed by atoms with E-state index in [4.69, 9.17) is 9.72 Å². The lowest BCUT2D eigenvalue weighted by Gasteiger charge is -2.36. The van der Waals surface area contributed by atoms with E-state index >= 15 is 0 Å². The SMILES string of the molecule is COCC(=O)N1CCN(c2cc(C)nc([C@@H]3CCCN3C(C)=O)c2)CC1. The molecule has 0 spiro atoms. The molecule has 3 heterocycles. The maximum atomic E-state index is 12.0. The summed E-state index contributed by atoms with van der Waals surface area (Å²) >= 11 is 0. The highest BCUT2D eigenvalue weighted by Gasteiger charge is 2.30. The van der Waals surface area contributed by atoms with Crippen LogP contribution in [-0.4, -0.2) is 73.0 Å². The van der Waals surface area contributed by atoms with Crippen LogP contribution in [0, 0.1) is 6.92 Å². The van der Waals surface area contributed by atoms with Crippen molar-refractivity contribution in [1.29, 1.82) is 0 Å². The standard InChI is InChI=1S/C19H28N4O3/c1-14-11-16(21-7-9-22(10-8-21)19(25)13-26-3)12-17(20-14)18-5-4-6-23(18)15(2)24/h11-12,18H,4-10,13H2,1-3H3/t18-/m0/s1. The van der Waals surface area contributed by atoms with E-state index in [1.54, 1.807) is 14.0 Å². The van der Waals surface area contributed by atoms with Gasteiger partial charge in [-0.05, 0) is 31.9 Å². The monoisotopic (exact) mass is 360 g/mol. The molecule has 7 nitrogen and oxygen atoms in total. The Morgan fingerprint density at radius 1 is 1.19 bits per heavy atom. The average molecular weight is 360 g/mol. The molecule has 0 aliphatic carbocycles. The third kappa shape index (κ3) is 3.98. The molecule has 1 aromatic rings. The lowest BCUT2D eigenvalue weighted by molar-refractivity contribution is -0.135. The Morgan fingerprint density at radius 2 is 1.92 bits per heavy atom. The molecular formula is C19H28N4O3. The van der Waals surface area contributed by atoms with E-state index in [9.17, 15) is 9.59 Å². The molecule has 1 atom stereocenters. The number of piperazine rings is 1. The molecule has 142 valence electrons. The van der Waals surface area contributed by atoms with Crippen LogP contribution < -0.4 is 4.90 Å². The number of pyridine rings is 1. The maximum absolute atomic E-state index is 12.0. The van der Waals surface area contributed by atoms with Gasteiger partial charge in [-0.2, -0.15) is 0 Å². The van der Waals surface area contributed by atoms with Crippen LogP contribution in [0.5, 0.6) is 0 Å². The van der Waals surface area contributed by atoms with Gasteiger partial charge >= 0.3 is 0 Å². The smallest absolute Gasteiger partial charge is 0.248 e. The van der Waals surface area contributed by atoms with Crippen LogP contribution in [0.25, 0.3) is 0 Å². The van der Waals surface area contributed by atoms with Gasteiger partial charge in [-0.15, -0.1) is 0 Å². The largest absolute Gasteiger partial charge is 0.375 e. The summed E-state index contributed by atoms with van der Waals surface area (Å²) in [7, 11) is 1.54. The highest BCUT2D eigenvalue weighted by Crippen LogP contribution is 2.33. The lowest BCUT2D eigenvalue weighted by atomic mass is 10.1. The normalized spacial score (nSPS) is 20.6. The molecule has 2 amide bonds. The zero-order valence-corrected chi connectivity index (χ0v) is 15.9. The van der Waals surface area contributed by atoms with Gasteiger partial charge in [0.25, 0.3) is 0 Å². The van der Waals surface area contributed by atoms with Gasteiger partial charge < -0.3 is 19.4 Å². The quantitative estimate of drug-likeness (QED) is 0.811. The number of hydrogen-bond acceptors (Lipinski definition) is 5. The maximum Gasteiger partial charge on any atom is 0.248 e. The highest BCUT2D eigenvalue weighted by atomic mass is 16.5. The number of methoxy groups -OCH3 is 1. The summed E-state index contributed by atoms with van der Waals surface area (Å²) in [6.07, 6.45) is 1.99. The Hall–Kier alpha value is -2.15. The number of carbonyl (C=O) groups excluding carboxylic acids is 2. The first kappa shape index (κ1) is 18.6. The van der Waals surface area contributed by atoms with Gasteiger partial charge in [0.2, 0.25) is 11.8 Å². The van der Waals surface area contributed by atoms with Crippen molar-refractivity contribution >= 4 is 17.5 Å². The van der Waals surface area contributed by atoms with Crippen LogP contribution >= 0.6 is 0 Å². The zero-order chi connectivity index (χ0) is 18.7. The van der Waals surface area contributed by atoms with Crippen LogP contribution in [-0.2, 0) is 14.3 Å². The third-order valence-corrected chi connectivity index (χ3v) is 5.22. The van der Waals surface area contributed by atoms with E-state index in [0.717, 1.165) is 49.6 Å². The van der Waals surface area contributed by atoms with E-state index in [1.807, 2.05) is 16.7 Å². The number of rotatable bonds is 4. The molecule has 0 N–H and O–H groups in total. The Kier molecular flexibility index (Phi) is 5.76. The molecule has 0 radical (unpaired) electrons. The molecule has 0 aromatic carbocycles. The first-order valence-electron chi connectivity index (χ1n) is 9.27. The van der Waals surface area contributed by atoms with Gasteiger partial charge in [-0.25, -0.2) is 0 Å². The van der Waals surface area contributed by atoms with E-state index < -0.39 is 0 Å². The molecule has 3 rings (SSSR count). The fraction of sp³-hybridized carbons (Fsp3) is 0.632. The number of aromatic nitrogens is 1. The Morgan fingerprint density at radius 3 is 2.58 bits per heavy atom. The van der Waals surface area contributed by atoms with Crippen molar-refractivity contribution in [3.05, 3.63) is 23.5 Å². The number of amides is 2. The second-order valence-corrected chi connectivity index (χ2v) is 7.06. The topological polar surface area (TPSA) is 66.0 Å².